The summed E-state index contributed by atoms with van der Waals surface area (Å²) in [6.07, 6.45) is 3.25. The maximum atomic E-state index is 8.59. The Hall–Kier alpha value is 0.430. The number of aliphatic hydroxyl groups excluding tert-OH is 1. The lowest BCUT2D eigenvalue weighted by atomic mass is 9.98. The van der Waals surface area contributed by atoms with E-state index < -0.39 is 0 Å². The molecule has 0 spiro atoms. The van der Waals surface area contributed by atoms with Crippen molar-refractivity contribution in [3.05, 3.63) is 9.66 Å². The molecule has 0 saturated carbocycles. The number of halogens is 1. The van der Waals surface area contributed by atoms with Crippen LogP contribution in [0.15, 0.2) is 9.66 Å². The summed E-state index contributed by atoms with van der Waals surface area (Å²) in [4.78, 5) is 0. The van der Waals surface area contributed by atoms with Gasteiger partial charge in [0, 0.05) is 6.61 Å². The minimum absolute atomic E-state index is 0.331. The van der Waals surface area contributed by atoms with Crippen molar-refractivity contribution in [2.45, 2.75) is 33.1 Å². The topological polar surface area (TPSA) is 20.2 Å². The van der Waals surface area contributed by atoms with Gasteiger partial charge in [0.25, 0.3) is 0 Å². The molecular weight excluding hydrogens is 251 g/mol. The van der Waals surface area contributed by atoms with Crippen LogP contribution in [0.1, 0.15) is 33.1 Å². The van der Waals surface area contributed by atoms with Gasteiger partial charge in [-0.15, -0.1) is 0 Å². The zero-order valence-electron chi connectivity index (χ0n) is 7.31. The van der Waals surface area contributed by atoms with Crippen molar-refractivity contribution >= 4 is 22.6 Å². The average Bonchev–Trinajstić information content (AvgIpc) is 2.00. The van der Waals surface area contributed by atoms with Crippen molar-refractivity contribution in [3.63, 3.8) is 0 Å². The van der Waals surface area contributed by atoms with Gasteiger partial charge in [0.15, 0.2) is 0 Å². The van der Waals surface area contributed by atoms with Crippen LogP contribution in [-0.4, -0.2) is 11.7 Å². The van der Waals surface area contributed by atoms with E-state index in [-0.39, 0.29) is 0 Å². The summed E-state index contributed by atoms with van der Waals surface area (Å²) in [7, 11) is 0. The summed E-state index contributed by atoms with van der Waals surface area (Å²) in [5, 5.41) is 8.59. The molecule has 0 aliphatic carbocycles. The first kappa shape index (κ1) is 11.4. The second-order valence-corrected chi connectivity index (χ2v) is 3.75. The SMILES string of the molecule is C/C(=C\I)C[C@H](C)CCCO. The molecule has 0 aromatic rings. The number of rotatable bonds is 5. The van der Waals surface area contributed by atoms with Crippen LogP contribution in [0, 0.1) is 5.92 Å². The van der Waals surface area contributed by atoms with E-state index >= 15 is 0 Å². The predicted octanol–water partition coefficient (Wildman–Crippen LogP) is 3.12. The average molecular weight is 268 g/mol. The van der Waals surface area contributed by atoms with Crippen molar-refractivity contribution in [2.24, 2.45) is 5.92 Å². The molecule has 11 heavy (non-hydrogen) atoms. The Labute approximate surface area is 83.0 Å². The minimum atomic E-state index is 0.331. The van der Waals surface area contributed by atoms with Crippen molar-refractivity contribution in [3.8, 4) is 0 Å². The van der Waals surface area contributed by atoms with Crippen LogP contribution in [0.3, 0.4) is 0 Å². The Kier molecular flexibility index (Phi) is 7.38. The van der Waals surface area contributed by atoms with E-state index in [1.807, 2.05) is 0 Å². The fraction of sp³-hybridized carbons (Fsp3) is 0.778. The van der Waals surface area contributed by atoms with Crippen molar-refractivity contribution in [1.29, 1.82) is 0 Å². The standard InChI is InChI=1S/C9H17IO/c1-8(4-3-5-11)6-9(2)7-10/h7-8,11H,3-6H2,1-2H3/b9-7+/t8-/m1/s1. The lowest BCUT2D eigenvalue weighted by molar-refractivity contribution is 0.273. The van der Waals surface area contributed by atoms with Gasteiger partial charge in [-0.2, -0.15) is 0 Å². The first-order valence-electron chi connectivity index (χ1n) is 4.07. The molecule has 0 aromatic carbocycles. The molecule has 0 saturated heterocycles. The summed E-state index contributed by atoms with van der Waals surface area (Å²) in [6, 6.07) is 0. The van der Waals surface area contributed by atoms with Gasteiger partial charge in [-0.1, -0.05) is 35.1 Å². The van der Waals surface area contributed by atoms with Crippen LogP contribution in [0.5, 0.6) is 0 Å². The molecule has 0 aliphatic heterocycles. The van der Waals surface area contributed by atoms with E-state index in [4.69, 9.17) is 5.11 Å². The van der Waals surface area contributed by atoms with Crippen LogP contribution in [0.4, 0.5) is 0 Å². The third kappa shape index (κ3) is 6.81. The van der Waals surface area contributed by atoms with Gasteiger partial charge in [0.05, 0.1) is 0 Å². The Balaban J connectivity index is 3.43. The van der Waals surface area contributed by atoms with E-state index in [2.05, 4.69) is 40.5 Å². The summed E-state index contributed by atoms with van der Waals surface area (Å²) >= 11 is 2.27. The van der Waals surface area contributed by atoms with Crippen molar-refractivity contribution < 1.29 is 5.11 Å². The van der Waals surface area contributed by atoms with Gasteiger partial charge in [0.2, 0.25) is 0 Å². The molecule has 1 nitrogen and oxygen atoms in total. The van der Waals surface area contributed by atoms with Crippen LogP contribution >= 0.6 is 22.6 Å². The molecule has 66 valence electrons. The van der Waals surface area contributed by atoms with Gasteiger partial charge in [0.1, 0.15) is 0 Å². The number of hydrogen-bond acceptors (Lipinski definition) is 1. The predicted molar refractivity (Wildman–Crippen MR) is 57.9 cm³/mol. The van der Waals surface area contributed by atoms with Crippen LogP contribution in [-0.2, 0) is 0 Å². The molecule has 0 amide bonds. The first-order valence-corrected chi connectivity index (χ1v) is 5.32. The molecule has 0 radical (unpaired) electrons. The van der Waals surface area contributed by atoms with Gasteiger partial charge in [-0.05, 0) is 36.2 Å². The van der Waals surface area contributed by atoms with E-state index in [9.17, 15) is 0 Å². The third-order valence-corrected chi connectivity index (χ3v) is 2.77. The fourth-order valence-corrected chi connectivity index (χ4v) is 1.39. The Morgan fingerprint density at radius 1 is 1.64 bits per heavy atom. The zero-order valence-corrected chi connectivity index (χ0v) is 9.47. The molecule has 2 heteroatoms. The normalized spacial score (nSPS) is 15.1. The summed E-state index contributed by atoms with van der Waals surface area (Å²) < 4.78 is 2.13. The highest BCUT2D eigenvalue weighted by Gasteiger charge is 2.01. The Morgan fingerprint density at radius 2 is 2.27 bits per heavy atom. The summed E-state index contributed by atoms with van der Waals surface area (Å²) in [5.74, 6) is 0.716. The maximum Gasteiger partial charge on any atom is 0.0431 e. The van der Waals surface area contributed by atoms with E-state index in [0.29, 0.717) is 12.5 Å². The van der Waals surface area contributed by atoms with Gasteiger partial charge in [-0.25, -0.2) is 0 Å². The third-order valence-electron chi connectivity index (χ3n) is 1.71. The lowest BCUT2D eigenvalue weighted by Gasteiger charge is -2.09. The molecule has 0 unspecified atom stereocenters. The number of aliphatic hydroxyl groups is 1. The van der Waals surface area contributed by atoms with E-state index in [1.54, 1.807) is 0 Å². The monoisotopic (exact) mass is 268 g/mol. The van der Waals surface area contributed by atoms with E-state index in [0.717, 1.165) is 12.8 Å². The smallest absolute Gasteiger partial charge is 0.0431 e. The van der Waals surface area contributed by atoms with Gasteiger partial charge >= 0.3 is 0 Å². The summed E-state index contributed by atoms with van der Waals surface area (Å²) in [5.41, 5.74) is 1.44. The van der Waals surface area contributed by atoms with Crippen LogP contribution in [0.25, 0.3) is 0 Å². The number of allylic oxidation sites excluding steroid dienone is 1. The fourth-order valence-electron chi connectivity index (χ4n) is 1.14. The highest BCUT2D eigenvalue weighted by molar-refractivity contribution is 14.1. The zero-order chi connectivity index (χ0) is 8.69. The molecule has 0 aliphatic rings. The second-order valence-electron chi connectivity index (χ2n) is 3.13. The highest BCUT2D eigenvalue weighted by atomic mass is 127. The number of hydrogen-bond donors (Lipinski definition) is 1. The molecule has 1 atom stereocenters. The quantitative estimate of drug-likeness (QED) is 0.759. The van der Waals surface area contributed by atoms with Crippen LogP contribution < -0.4 is 0 Å². The largest absolute Gasteiger partial charge is 0.396 e. The molecule has 0 rings (SSSR count). The first-order chi connectivity index (χ1) is 5.20. The molecule has 0 aromatic heterocycles. The molecular formula is C9H17IO. The molecule has 0 bridgehead atoms. The molecule has 1 N–H and O–H groups in total. The lowest BCUT2D eigenvalue weighted by Crippen LogP contribution is -1.96. The maximum absolute atomic E-state index is 8.59. The van der Waals surface area contributed by atoms with Gasteiger partial charge in [-0.3, -0.25) is 0 Å². The Morgan fingerprint density at radius 3 is 2.73 bits per heavy atom. The highest BCUT2D eigenvalue weighted by Crippen LogP contribution is 2.16. The van der Waals surface area contributed by atoms with Crippen molar-refractivity contribution in [1.82, 2.24) is 0 Å². The Bertz CT molecular complexity index is 121. The second kappa shape index (κ2) is 7.10. The minimum Gasteiger partial charge on any atom is -0.396 e. The van der Waals surface area contributed by atoms with E-state index in [1.165, 1.54) is 12.0 Å². The summed E-state index contributed by atoms with van der Waals surface area (Å²) in [6.45, 7) is 4.72. The molecule has 0 fully saturated rings. The van der Waals surface area contributed by atoms with Crippen LogP contribution in [0.2, 0.25) is 0 Å². The van der Waals surface area contributed by atoms with Gasteiger partial charge < -0.3 is 5.11 Å². The van der Waals surface area contributed by atoms with Crippen molar-refractivity contribution in [2.75, 3.05) is 6.61 Å². The molecule has 0 heterocycles.